The first kappa shape index (κ1) is 15.1. The van der Waals surface area contributed by atoms with Gasteiger partial charge in [0.1, 0.15) is 0 Å². The van der Waals surface area contributed by atoms with Crippen LogP contribution in [0.4, 0.5) is 0 Å². The van der Waals surface area contributed by atoms with Crippen molar-refractivity contribution in [2.24, 2.45) is 5.92 Å². The molecule has 0 amide bonds. The Morgan fingerprint density at radius 1 is 1.10 bits per heavy atom. The van der Waals surface area contributed by atoms with Crippen molar-refractivity contribution in [1.29, 1.82) is 0 Å². The third-order valence-corrected chi connectivity index (χ3v) is 5.27. The van der Waals surface area contributed by atoms with E-state index < -0.39 is 0 Å². The molecule has 2 saturated carbocycles. The summed E-state index contributed by atoms with van der Waals surface area (Å²) in [7, 11) is 0. The lowest BCUT2D eigenvalue weighted by Crippen LogP contribution is -2.46. The molecule has 0 aliphatic heterocycles. The van der Waals surface area contributed by atoms with E-state index in [-0.39, 0.29) is 5.60 Å². The van der Waals surface area contributed by atoms with E-state index in [4.69, 9.17) is 4.74 Å². The molecule has 0 radical (unpaired) electrons. The first-order valence-corrected chi connectivity index (χ1v) is 8.71. The first-order valence-electron chi connectivity index (χ1n) is 8.71. The topological polar surface area (TPSA) is 21.3 Å². The molecule has 2 heteroatoms. The lowest BCUT2D eigenvalue weighted by Gasteiger charge is -2.40. The predicted molar refractivity (Wildman–Crippen MR) is 87.2 cm³/mol. The van der Waals surface area contributed by atoms with Crippen LogP contribution in [0.5, 0.6) is 0 Å². The summed E-state index contributed by atoms with van der Waals surface area (Å²) in [6.45, 7) is 4.12. The average Bonchev–Trinajstić information content (AvgIpc) is 3.37. The molecule has 21 heavy (non-hydrogen) atoms. The van der Waals surface area contributed by atoms with Crippen LogP contribution in [-0.4, -0.2) is 18.2 Å². The summed E-state index contributed by atoms with van der Waals surface area (Å²) in [4.78, 5) is 0. The summed E-state index contributed by atoms with van der Waals surface area (Å²) in [6, 6.07) is 11.4. The number of nitrogens with one attached hydrogen (secondary N) is 1. The lowest BCUT2D eigenvalue weighted by atomic mass is 9.77. The van der Waals surface area contributed by atoms with Crippen LogP contribution in [0.2, 0.25) is 0 Å². The smallest absolute Gasteiger partial charge is 0.0811 e. The van der Waals surface area contributed by atoms with Gasteiger partial charge in [-0.2, -0.15) is 0 Å². The quantitative estimate of drug-likeness (QED) is 0.807. The molecule has 116 valence electrons. The molecule has 3 rings (SSSR count). The molecule has 0 aromatic heterocycles. The number of benzene rings is 1. The third-order valence-electron chi connectivity index (χ3n) is 5.27. The van der Waals surface area contributed by atoms with Crippen molar-refractivity contribution in [3.05, 3.63) is 35.9 Å². The maximum absolute atomic E-state index is 6.47. The molecule has 0 atom stereocenters. The van der Waals surface area contributed by atoms with Crippen molar-refractivity contribution in [3.8, 4) is 0 Å². The zero-order chi connectivity index (χ0) is 14.5. The summed E-state index contributed by atoms with van der Waals surface area (Å²) in [6.07, 6.45) is 9.13. The molecule has 0 spiro atoms. The van der Waals surface area contributed by atoms with E-state index in [9.17, 15) is 0 Å². The predicted octanol–water partition coefficient (Wildman–Crippen LogP) is 4.29. The highest BCUT2D eigenvalue weighted by molar-refractivity contribution is 5.13. The summed E-state index contributed by atoms with van der Waals surface area (Å²) >= 11 is 0. The lowest BCUT2D eigenvalue weighted by molar-refractivity contribution is -0.0864. The third kappa shape index (κ3) is 4.31. The molecule has 0 unspecified atom stereocenters. The second-order valence-corrected chi connectivity index (χ2v) is 6.96. The molecule has 1 aromatic rings. The maximum Gasteiger partial charge on any atom is 0.0811 e. The second-order valence-electron chi connectivity index (χ2n) is 6.96. The fraction of sp³-hybridized carbons (Fsp3) is 0.684. The van der Waals surface area contributed by atoms with Gasteiger partial charge >= 0.3 is 0 Å². The van der Waals surface area contributed by atoms with Crippen molar-refractivity contribution in [2.75, 3.05) is 6.54 Å². The highest BCUT2D eigenvalue weighted by atomic mass is 16.5. The van der Waals surface area contributed by atoms with Gasteiger partial charge in [-0.25, -0.2) is 0 Å². The fourth-order valence-electron chi connectivity index (χ4n) is 3.41. The molecule has 1 aromatic carbocycles. The van der Waals surface area contributed by atoms with Gasteiger partial charge in [0.15, 0.2) is 0 Å². The van der Waals surface area contributed by atoms with E-state index >= 15 is 0 Å². The van der Waals surface area contributed by atoms with Crippen molar-refractivity contribution in [1.82, 2.24) is 5.32 Å². The Bertz CT molecular complexity index is 418. The Morgan fingerprint density at radius 3 is 2.43 bits per heavy atom. The van der Waals surface area contributed by atoms with Crippen LogP contribution in [-0.2, 0) is 11.3 Å². The van der Waals surface area contributed by atoms with Crippen molar-refractivity contribution in [2.45, 2.75) is 70.1 Å². The number of hydrogen-bond acceptors (Lipinski definition) is 2. The Labute approximate surface area is 129 Å². The first-order chi connectivity index (χ1) is 10.3. The molecule has 0 bridgehead atoms. The Hall–Kier alpha value is -0.860. The van der Waals surface area contributed by atoms with E-state index in [0.29, 0.717) is 0 Å². The summed E-state index contributed by atoms with van der Waals surface area (Å²) in [5, 5.41) is 3.71. The zero-order valence-electron chi connectivity index (χ0n) is 13.3. The minimum absolute atomic E-state index is 0.0735. The Balaban J connectivity index is 1.58. The molecular formula is C19H29NO. The van der Waals surface area contributed by atoms with E-state index in [2.05, 4.69) is 42.6 Å². The molecular weight excluding hydrogens is 258 g/mol. The van der Waals surface area contributed by atoms with E-state index in [0.717, 1.165) is 25.1 Å². The molecule has 2 aliphatic rings. The number of rotatable bonds is 7. The number of hydrogen-bond donors (Lipinski definition) is 1. The van der Waals surface area contributed by atoms with Crippen LogP contribution in [0, 0.1) is 5.92 Å². The van der Waals surface area contributed by atoms with Gasteiger partial charge < -0.3 is 10.1 Å². The van der Waals surface area contributed by atoms with Gasteiger partial charge in [0, 0.05) is 12.6 Å². The number of ether oxygens (including phenoxy) is 1. The largest absolute Gasteiger partial charge is 0.369 e. The van der Waals surface area contributed by atoms with Crippen LogP contribution < -0.4 is 5.32 Å². The van der Waals surface area contributed by atoms with E-state index in [1.807, 2.05) is 0 Å². The Kier molecular flexibility index (Phi) is 4.97. The summed E-state index contributed by atoms with van der Waals surface area (Å²) in [5.41, 5.74) is 1.37. The molecule has 0 heterocycles. The van der Waals surface area contributed by atoms with Crippen LogP contribution >= 0.6 is 0 Å². The monoisotopic (exact) mass is 287 g/mol. The zero-order valence-corrected chi connectivity index (χ0v) is 13.3. The van der Waals surface area contributed by atoms with Crippen molar-refractivity contribution in [3.63, 3.8) is 0 Å². The van der Waals surface area contributed by atoms with Crippen LogP contribution in [0.1, 0.15) is 57.4 Å². The molecule has 2 aliphatic carbocycles. The summed E-state index contributed by atoms with van der Waals surface area (Å²) < 4.78 is 6.47. The van der Waals surface area contributed by atoms with Gasteiger partial charge in [-0.15, -0.1) is 0 Å². The normalized spacial score (nSPS) is 29.5. The second kappa shape index (κ2) is 6.93. The maximum atomic E-state index is 6.47. The standard InChI is InChI=1S/C19H29NO/c1-2-16-10-12-19(13-11-16,15-20-18-8-9-18)21-14-17-6-4-3-5-7-17/h3-7,16,18,20H,2,8-15H2,1H3. The van der Waals surface area contributed by atoms with Gasteiger partial charge in [-0.1, -0.05) is 43.7 Å². The average molecular weight is 287 g/mol. The highest BCUT2D eigenvalue weighted by Gasteiger charge is 2.37. The van der Waals surface area contributed by atoms with Crippen LogP contribution in [0.3, 0.4) is 0 Å². The molecule has 0 saturated heterocycles. The fourth-order valence-corrected chi connectivity index (χ4v) is 3.41. The van der Waals surface area contributed by atoms with Gasteiger partial charge in [0.2, 0.25) is 0 Å². The van der Waals surface area contributed by atoms with Crippen molar-refractivity contribution >= 4 is 0 Å². The summed E-state index contributed by atoms with van der Waals surface area (Å²) in [5.74, 6) is 0.916. The minimum Gasteiger partial charge on any atom is -0.369 e. The van der Waals surface area contributed by atoms with E-state index in [1.165, 1.54) is 50.5 Å². The van der Waals surface area contributed by atoms with E-state index in [1.54, 1.807) is 0 Å². The van der Waals surface area contributed by atoms with Gasteiger partial charge in [0.25, 0.3) is 0 Å². The van der Waals surface area contributed by atoms with Gasteiger partial charge in [0.05, 0.1) is 12.2 Å². The van der Waals surface area contributed by atoms with Crippen molar-refractivity contribution < 1.29 is 4.74 Å². The SMILES string of the molecule is CCC1CCC(CNC2CC2)(OCc2ccccc2)CC1. The molecule has 1 N–H and O–H groups in total. The van der Waals surface area contributed by atoms with Gasteiger partial charge in [-0.05, 0) is 50.0 Å². The van der Waals surface area contributed by atoms with Crippen LogP contribution in [0.15, 0.2) is 30.3 Å². The minimum atomic E-state index is 0.0735. The van der Waals surface area contributed by atoms with Gasteiger partial charge in [-0.3, -0.25) is 0 Å². The van der Waals surface area contributed by atoms with Crippen LogP contribution in [0.25, 0.3) is 0 Å². The molecule has 2 nitrogen and oxygen atoms in total. The Morgan fingerprint density at radius 2 is 1.81 bits per heavy atom. The molecule has 2 fully saturated rings. The highest BCUT2D eigenvalue weighted by Crippen LogP contribution is 2.37.